The maximum atomic E-state index is 12.8. The topological polar surface area (TPSA) is 46.9 Å². The second-order valence-corrected chi connectivity index (χ2v) is 8.37. The number of hydrogen-bond donors (Lipinski definition) is 0. The Labute approximate surface area is 167 Å². The van der Waals surface area contributed by atoms with Gasteiger partial charge in [0.1, 0.15) is 6.61 Å². The summed E-state index contributed by atoms with van der Waals surface area (Å²) in [5.41, 5.74) is 2.30. The summed E-state index contributed by atoms with van der Waals surface area (Å²) >= 11 is 0. The van der Waals surface area contributed by atoms with Crippen LogP contribution >= 0.6 is 0 Å². The highest BCUT2D eigenvalue weighted by atomic mass is 16.5. The number of likely N-dealkylation sites (tertiary alicyclic amines) is 1. The molecule has 28 heavy (non-hydrogen) atoms. The highest BCUT2D eigenvalue weighted by molar-refractivity contribution is 5.91. The van der Waals surface area contributed by atoms with Crippen molar-refractivity contribution in [1.29, 1.82) is 0 Å². The van der Waals surface area contributed by atoms with Crippen molar-refractivity contribution in [2.24, 2.45) is 0 Å². The Morgan fingerprint density at radius 3 is 2.82 bits per heavy atom. The average molecular weight is 386 g/mol. The number of aromatic nitrogens is 1. The van der Waals surface area contributed by atoms with Gasteiger partial charge in [-0.1, -0.05) is 24.6 Å². The third-order valence-corrected chi connectivity index (χ3v) is 6.14. The number of para-hydroxylation sites is 1. The summed E-state index contributed by atoms with van der Waals surface area (Å²) < 4.78 is 12.8. The molecule has 0 radical (unpaired) electrons. The SMILES string of the molecule is CN(C)CCc1cn(C(=O)OCCN2CCCCC23COC3)c2ccccc12. The Morgan fingerprint density at radius 1 is 1.25 bits per heavy atom. The molecule has 6 nitrogen and oxygen atoms in total. The molecule has 2 fully saturated rings. The van der Waals surface area contributed by atoms with Crippen molar-refractivity contribution < 1.29 is 14.3 Å². The highest BCUT2D eigenvalue weighted by Crippen LogP contribution is 2.34. The zero-order chi connectivity index (χ0) is 19.6. The molecule has 152 valence electrons. The number of benzene rings is 1. The number of ether oxygens (including phenoxy) is 2. The molecule has 0 N–H and O–H groups in total. The van der Waals surface area contributed by atoms with Crippen LogP contribution in [0.15, 0.2) is 30.5 Å². The number of rotatable bonds is 6. The van der Waals surface area contributed by atoms with E-state index in [1.807, 2.05) is 24.4 Å². The van der Waals surface area contributed by atoms with E-state index < -0.39 is 0 Å². The lowest BCUT2D eigenvalue weighted by Gasteiger charge is -2.52. The summed E-state index contributed by atoms with van der Waals surface area (Å²) in [5.74, 6) is 0. The molecule has 3 heterocycles. The van der Waals surface area contributed by atoms with Gasteiger partial charge in [0.05, 0.1) is 24.3 Å². The van der Waals surface area contributed by atoms with Crippen molar-refractivity contribution in [1.82, 2.24) is 14.4 Å². The molecule has 6 heteroatoms. The van der Waals surface area contributed by atoms with E-state index in [2.05, 4.69) is 30.0 Å². The molecule has 2 aliphatic heterocycles. The Bertz CT molecular complexity index is 826. The fourth-order valence-electron chi connectivity index (χ4n) is 4.42. The van der Waals surface area contributed by atoms with E-state index in [-0.39, 0.29) is 11.6 Å². The molecule has 0 atom stereocenters. The second-order valence-electron chi connectivity index (χ2n) is 8.37. The van der Waals surface area contributed by atoms with E-state index in [0.717, 1.165) is 50.2 Å². The van der Waals surface area contributed by atoms with Crippen LogP contribution in [-0.4, -0.2) is 79.5 Å². The Kier molecular flexibility index (Phi) is 5.71. The fourth-order valence-corrected chi connectivity index (χ4v) is 4.42. The number of fused-ring (bicyclic) bond motifs is 1. The van der Waals surface area contributed by atoms with E-state index in [0.29, 0.717) is 6.61 Å². The van der Waals surface area contributed by atoms with Crippen molar-refractivity contribution in [3.05, 3.63) is 36.0 Å². The van der Waals surface area contributed by atoms with Gasteiger partial charge >= 0.3 is 6.09 Å². The molecule has 1 spiro atoms. The van der Waals surface area contributed by atoms with Crippen LogP contribution < -0.4 is 0 Å². The standard InChI is InChI=1S/C22H31N3O3/c1-23(2)12-9-18-15-25(20-8-4-3-7-19(18)20)21(26)28-14-13-24-11-6-5-10-22(24)16-27-17-22/h3-4,7-8,15H,5-6,9-14,16-17H2,1-2H3. The minimum atomic E-state index is -0.289. The van der Waals surface area contributed by atoms with Gasteiger partial charge in [0.25, 0.3) is 0 Å². The number of piperidine rings is 1. The van der Waals surface area contributed by atoms with Gasteiger partial charge in [-0.25, -0.2) is 4.79 Å². The second kappa shape index (κ2) is 8.23. The molecule has 0 aliphatic carbocycles. The average Bonchev–Trinajstić information content (AvgIpc) is 3.04. The molecular formula is C22H31N3O3. The quantitative estimate of drug-likeness (QED) is 0.765. The largest absolute Gasteiger partial charge is 0.448 e. The zero-order valence-corrected chi connectivity index (χ0v) is 17.0. The summed E-state index contributed by atoms with van der Waals surface area (Å²) in [6.07, 6.45) is 6.24. The number of carbonyl (C=O) groups excluding carboxylic acids is 1. The van der Waals surface area contributed by atoms with Gasteiger partial charge in [0.2, 0.25) is 0 Å². The normalized spacial score (nSPS) is 19.2. The number of hydrogen-bond acceptors (Lipinski definition) is 5. The van der Waals surface area contributed by atoms with E-state index in [9.17, 15) is 4.79 Å². The summed E-state index contributed by atoms with van der Waals surface area (Å²) in [6, 6.07) is 8.06. The molecule has 0 saturated carbocycles. The van der Waals surface area contributed by atoms with E-state index in [4.69, 9.17) is 9.47 Å². The van der Waals surface area contributed by atoms with Gasteiger partial charge in [-0.15, -0.1) is 0 Å². The smallest absolute Gasteiger partial charge is 0.418 e. The summed E-state index contributed by atoms with van der Waals surface area (Å²) in [5, 5.41) is 1.13. The van der Waals surface area contributed by atoms with Crippen LogP contribution in [0, 0.1) is 0 Å². The maximum absolute atomic E-state index is 12.8. The first-order valence-corrected chi connectivity index (χ1v) is 10.3. The monoisotopic (exact) mass is 385 g/mol. The van der Waals surface area contributed by atoms with Crippen molar-refractivity contribution in [3.8, 4) is 0 Å². The first-order chi connectivity index (χ1) is 13.6. The Balaban J connectivity index is 1.41. The lowest BCUT2D eigenvalue weighted by molar-refractivity contribution is -0.158. The van der Waals surface area contributed by atoms with Crippen molar-refractivity contribution in [2.75, 3.05) is 53.6 Å². The molecule has 0 bridgehead atoms. The number of likely N-dealkylation sites (N-methyl/N-ethyl adjacent to an activating group) is 1. The maximum Gasteiger partial charge on any atom is 0.418 e. The molecule has 2 aromatic rings. The number of nitrogens with zero attached hydrogens (tertiary/aromatic N) is 3. The molecule has 2 saturated heterocycles. The first-order valence-electron chi connectivity index (χ1n) is 10.3. The van der Waals surface area contributed by atoms with Gasteiger partial charge in [-0.3, -0.25) is 9.47 Å². The molecule has 0 unspecified atom stereocenters. The summed E-state index contributed by atoms with van der Waals surface area (Å²) in [4.78, 5) is 17.4. The Morgan fingerprint density at radius 2 is 2.07 bits per heavy atom. The molecular weight excluding hydrogens is 354 g/mol. The highest BCUT2D eigenvalue weighted by Gasteiger charge is 2.45. The Hall–Kier alpha value is -1.89. The number of carbonyl (C=O) groups is 1. The van der Waals surface area contributed by atoms with Crippen molar-refractivity contribution >= 4 is 17.0 Å². The minimum absolute atomic E-state index is 0.199. The van der Waals surface area contributed by atoms with Crippen molar-refractivity contribution in [2.45, 2.75) is 31.2 Å². The molecule has 0 amide bonds. The molecule has 1 aromatic carbocycles. The van der Waals surface area contributed by atoms with Crippen molar-refractivity contribution in [3.63, 3.8) is 0 Å². The predicted molar refractivity (Wildman–Crippen MR) is 110 cm³/mol. The minimum Gasteiger partial charge on any atom is -0.448 e. The molecule has 1 aromatic heterocycles. The van der Waals surface area contributed by atoms with E-state index in [1.54, 1.807) is 4.57 Å². The third kappa shape index (κ3) is 3.81. The van der Waals surface area contributed by atoms with Crippen LogP contribution in [0.3, 0.4) is 0 Å². The zero-order valence-electron chi connectivity index (χ0n) is 17.0. The lowest BCUT2D eigenvalue weighted by atomic mass is 9.85. The van der Waals surface area contributed by atoms with Crippen LogP contribution in [0.4, 0.5) is 4.79 Å². The molecule has 2 aliphatic rings. The van der Waals surface area contributed by atoms with Gasteiger partial charge in [-0.05, 0) is 51.5 Å². The van der Waals surface area contributed by atoms with Crippen LogP contribution in [0.1, 0.15) is 24.8 Å². The van der Waals surface area contributed by atoms with Gasteiger partial charge in [0.15, 0.2) is 0 Å². The molecule has 4 rings (SSSR count). The van der Waals surface area contributed by atoms with Crippen LogP contribution in [0.25, 0.3) is 10.9 Å². The van der Waals surface area contributed by atoms with Crippen LogP contribution in [-0.2, 0) is 15.9 Å². The summed E-state index contributed by atoms with van der Waals surface area (Å²) in [6.45, 7) is 4.85. The third-order valence-electron chi connectivity index (χ3n) is 6.14. The predicted octanol–water partition coefficient (Wildman–Crippen LogP) is 2.99. The van der Waals surface area contributed by atoms with Crippen LogP contribution in [0.2, 0.25) is 0 Å². The van der Waals surface area contributed by atoms with E-state index in [1.165, 1.54) is 24.8 Å². The lowest BCUT2D eigenvalue weighted by Crippen LogP contribution is -2.64. The first kappa shape index (κ1) is 19.4. The van der Waals surface area contributed by atoms with Gasteiger partial charge < -0.3 is 14.4 Å². The van der Waals surface area contributed by atoms with E-state index >= 15 is 0 Å². The van der Waals surface area contributed by atoms with Gasteiger partial charge in [0, 0.05) is 24.7 Å². The fraction of sp³-hybridized carbons (Fsp3) is 0.591. The van der Waals surface area contributed by atoms with Gasteiger partial charge in [-0.2, -0.15) is 0 Å². The summed E-state index contributed by atoms with van der Waals surface area (Å²) in [7, 11) is 4.13. The van der Waals surface area contributed by atoms with Crippen LogP contribution in [0.5, 0.6) is 0 Å².